The molecule has 0 radical (unpaired) electrons. The summed E-state index contributed by atoms with van der Waals surface area (Å²) >= 11 is 6.58. The fourth-order valence-corrected chi connectivity index (χ4v) is 6.07. The van der Waals surface area contributed by atoms with Crippen molar-refractivity contribution < 1.29 is 4.74 Å². The van der Waals surface area contributed by atoms with Crippen LogP contribution in [0.25, 0.3) is 44.6 Å². The third-order valence-corrected chi connectivity index (χ3v) is 8.66. The second-order valence-electron chi connectivity index (χ2n) is 11.6. The molecule has 204 valence electrons. The number of hydrogen-bond donors (Lipinski definition) is 3. The van der Waals surface area contributed by atoms with Crippen LogP contribution in [0.4, 0.5) is 5.82 Å². The van der Waals surface area contributed by atoms with Crippen LogP contribution in [-0.2, 0) is 0 Å². The van der Waals surface area contributed by atoms with Crippen molar-refractivity contribution in [2.24, 2.45) is 5.41 Å². The molecular weight excluding hydrogens is 522 g/mol. The number of nitrogens with one attached hydrogen (secondary N) is 3. The molecule has 8 nitrogen and oxygen atoms in total. The van der Waals surface area contributed by atoms with Crippen LogP contribution in [-0.4, -0.2) is 51.2 Å². The molecule has 0 bridgehead atoms. The number of piperidine rings is 1. The van der Waals surface area contributed by atoms with Crippen LogP contribution in [0.15, 0.2) is 48.9 Å². The van der Waals surface area contributed by atoms with Gasteiger partial charge in [0, 0.05) is 52.6 Å². The maximum Gasteiger partial charge on any atom is 0.163 e. The molecular formula is C31H32ClN7O. The number of nitrogens with zero attached hydrogens (tertiary/aromatic N) is 4. The van der Waals surface area contributed by atoms with Gasteiger partial charge in [-0.25, -0.2) is 15.0 Å². The number of halogens is 1. The summed E-state index contributed by atoms with van der Waals surface area (Å²) in [7, 11) is 1.65. The summed E-state index contributed by atoms with van der Waals surface area (Å²) in [6.45, 7) is 6.56. The van der Waals surface area contributed by atoms with E-state index in [1.807, 2.05) is 36.7 Å². The molecule has 7 rings (SSSR count). The van der Waals surface area contributed by atoms with E-state index in [1.165, 1.54) is 18.4 Å². The van der Waals surface area contributed by atoms with Crippen LogP contribution in [0.2, 0.25) is 5.02 Å². The number of methoxy groups -OCH3 is 1. The molecule has 40 heavy (non-hydrogen) atoms. The largest absolute Gasteiger partial charge is 0.497 e. The quantitative estimate of drug-likeness (QED) is 0.218. The Balaban J connectivity index is 1.39. The fourth-order valence-electron chi connectivity index (χ4n) is 5.85. The van der Waals surface area contributed by atoms with E-state index in [1.54, 1.807) is 13.3 Å². The number of ether oxygens (including phenoxy) is 1. The van der Waals surface area contributed by atoms with Gasteiger partial charge in [0.2, 0.25) is 0 Å². The highest BCUT2D eigenvalue weighted by molar-refractivity contribution is 6.33. The summed E-state index contributed by atoms with van der Waals surface area (Å²) in [4.78, 5) is 22.9. The smallest absolute Gasteiger partial charge is 0.163 e. The van der Waals surface area contributed by atoms with Crippen molar-refractivity contribution in [1.29, 1.82) is 0 Å². The first-order valence-corrected chi connectivity index (χ1v) is 14.2. The molecule has 0 unspecified atom stereocenters. The number of aromatic amines is 1. The zero-order chi connectivity index (χ0) is 27.4. The van der Waals surface area contributed by atoms with Gasteiger partial charge in [-0.15, -0.1) is 0 Å². The summed E-state index contributed by atoms with van der Waals surface area (Å²) in [6, 6.07) is 9.94. The fraction of sp³-hybridized carbons (Fsp3) is 0.355. The van der Waals surface area contributed by atoms with Gasteiger partial charge in [0.1, 0.15) is 17.2 Å². The number of fused-ring (bicyclic) bond motifs is 2. The zero-order valence-electron chi connectivity index (χ0n) is 22.9. The highest BCUT2D eigenvalue weighted by Crippen LogP contribution is 2.45. The molecule has 1 atom stereocenters. The first-order chi connectivity index (χ1) is 19.4. The van der Waals surface area contributed by atoms with Crippen LogP contribution < -0.4 is 15.4 Å². The van der Waals surface area contributed by atoms with Gasteiger partial charge in [-0.05, 0) is 73.0 Å². The van der Waals surface area contributed by atoms with Crippen molar-refractivity contribution in [3.8, 4) is 28.4 Å². The van der Waals surface area contributed by atoms with Crippen LogP contribution in [0.3, 0.4) is 0 Å². The van der Waals surface area contributed by atoms with Gasteiger partial charge >= 0.3 is 0 Å². The number of pyridine rings is 2. The Hall–Kier alpha value is -3.75. The summed E-state index contributed by atoms with van der Waals surface area (Å²) in [6.07, 6.45) is 9.06. The molecule has 1 saturated carbocycles. The highest BCUT2D eigenvalue weighted by Gasteiger charge is 2.34. The maximum absolute atomic E-state index is 6.58. The van der Waals surface area contributed by atoms with Gasteiger partial charge < -0.3 is 20.4 Å². The van der Waals surface area contributed by atoms with Crippen molar-refractivity contribution in [1.82, 2.24) is 30.2 Å². The predicted octanol–water partition coefficient (Wildman–Crippen LogP) is 6.57. The van der Waals surface area contributed by atoms with E-state index < -0.39 is 0 Å². The number of benzene rings is 1. The second-order valence-corrected chi connectivity index (χ2v) is 12.0. The Morgan fingerprint density at radius 2 is 1.93 bits per heavy atom. The lowest BCUT2D eigenvalue weighted by Crippen LogP contribution is -2.49. The monoisotopic (exact) mass is 553 g/mol. The summed E-state index contributed by atoms with van der Waals surface area (Å²) in [5.41, 5.74) is 5.53. The molecule has 1 aliphatic heterocycles. The molecule has 3 N–H and O–H groups in total. The lowest BCUT2D eigenvalue weighted by molar-refractivity contribution is 0.236. The van der Waals surface area contributed by atoms with Crippen molar-refractivity contribution in [3.63, 3.8) is 0 Å². The standard InChI is InChI=1S/C31H32ClN7O/c1-31(2)16-33-10-9-26(31)38-30-27-22(17-4-5-17)14-34-15-25(27)37-29(39-30)19-8-11-35-28-20(19)13-24(36-28)21-12-18(40-3)6-7-23(21)32/h6-8,11-15,17,26,33H,4-5,9-10,16H2,1-3H3,(H,35,36)(H,37,38,39)/t26-/m0/s1. The van der Waals surface area contributed by atoms with Gasteiger partial charge in [0.15, 0.2) is 5.82 Å². The van der Waals surface area contributed by atoms with Crippen molar-refractivity contribution in [2.75, 3.05) is 25.5 Å². The van der Waals surface area contributed by atoms with E-state index in [2.05, 4.69) is 45.5 Å². The summed E-state index contributed by atoms with van der Waals surface area (Å²) in [5, 5.41) is 10.1. The van der Waals surface area contributed by atoms with Gasteiger partial charge in [-0.1, -0.05) is 25.4 Å². The third kappa shape index (κ3) is 4.45. The van der Waals surface area contributed by atoms with Crippen LogP contribution >= 0.6 is 11.6 Å². The molecule has 5 aromatic rings. The average Bonchev–Trinajstić information content (AvgIpc) is 3.71. The lowest BCUT2D eigenvalue weighted by Gasteiger charge is -2.40. The lowest BCUT2D eigenvalue weighted by atomic mass is 9.80. The van der Waals surface area contributed by atoms with E-state index in [0.29, 0.717) is 16.8 Å². The van der Waals surface area contributed by atoms with Gasteiger partial charge in [-0.2, -0.15) is 0 Å². The molecule has 1 aromatic carbocycles. The van der Waals surface area contributed by atoms with Crippen molar-refractivity contribution >= 4 is 39.4 Å². The van der Waals surface area contributed by atoms with Crippen LogP contribution in [0.1, 0.15) is 44.6 Å². The maximum atomic E-state index is 6.58. The predicted molar refractivity (Wildman–Crippen MR) is 160 cm³/mol. The molecule has 1 saturated heterocycles. The van der Waals surface area contributed by atoms with Crippen molar-refractivity contribution in [2.45, 2.75) is 45.1 Å². The minimum Gasteiger partial charge on any atom is -0.497 e. The first-order valence-electron chi connectivity index (χ1n) is 13.9. The summed E-state index contributed by atoms with van der Waals surface area (Å²) < 4.78 is 5.44. The molecule has 2 aliphatic rings. The van der Waals surface area contributed by atoms with Crippen molar-refractivity contribution in [3.05, 3.63) is 59.5 Å². The second kappa shape index (κ2) is 9.71. The SMILES string of the molecule is COc1ccc(Cl)c(-c2cc3c(-c4nc(N[C@H]5CCNCC5(C)C)c5c(C6CC6)cncc5n4)ccnc3[nH]2)c1. The van der Waals surface area contributed by atoms with E-state index >= 15 is 0 Å². The van der Waals surface area contributed by atoms with Crippen LogP contribution in [0.5, 0.6) is 5.75 Å². The zero-order valence-corrected chi connectivity index (χ0v) is 23.6. The molecule has 9 heteroatoms. The normalized spacial score (nSPS) is 18.8. The molecule has 4 aromatic heterocycles. The Morgan fingerprint density at radius 3 is 2.73 bits per heavy atom. The van der Waals surface area contributed by atoms with Gasteiger partial charge in [0.25, 0.3) is 0 Å². The molecule has 1 aliphatic carbocycles. The Labute approximate surface area is 238 Å². The number of hydrogen-bond acceptors (Lipinski definition) is 7. The molecule has 0 spiro atoms. The van der Waals surface area contributed by atoms with Gasteiger partial charge in [-0.3, -0.25) is 4.98 Å². The highest BCUT2D eigenvalue weighted by atomic mass is 35.5. The Kier molecular flexibility index (Phi) is 6.13. The van der Waals surface area contributed by atoms with E-state index in [9.17, 15) is 0 Å². The van der Waals surface area contributed by atoms with E-state index in [0.717, 1.165) is 69.8 Å². The third-order valence-electron chi connectivity index (χ3n) is 8.33. The molecule has 2 fully saturated rings. The van der Waals surface area contributed by atoms with Gasteiger partial charge in [0.05, 0.1) is 23.8 Å². The first kappa shape index (κ1) is 25.2. The minimum atomic E-state index is 0.0813. The molecule has 0 amide bonds. The van der Waals surface area contributed by atoms with E-state index in [4.69, 9.17) is 26.3 Å². The summed E-state index contributed by atoms with van der Waals surface area (Å²) in [5.74, 6) is 2.80. The minimum absolute atomic E-state index is 0.0813. The van der Waals surface area contributed by atoms with Crippen LogP contribution in [0, 0.1) is 5.41 Å². The topological polar surface area (TPSA) is 101 Å². The Morgan fingerprint density at radius 1 is 1.05 bits per heavy atom. The average molecular weight is 554 g/mol. The Bertz CT molecular complexity index is 1740. The number of aromatic nitrogens is 5. The number of anilines is 1. The number of H-pyrrole nitrogens is 1. The molecule has 5 heterocycles. The number of rotatable bonds is 6. The van der Waals surface area contributed by atoms with E-state index in [-0.39, 0.29) is 11.5 Å².